The molecule has 0 radical (unpaired) electrons. The van der Waals surface area contributed by atoms with Crippen molar-refractivity contribution < 1.29 is 4.79 Å². The van der Waals surface area contributed by atoms with Crippen molar-refractivity contribution in [1.82, 2.24) is 10.3 Å². The lowest BCUT2D eigenvalue weighted by Gasteiger charge is -2.18. The summed E-state index contributed by atoms with van der Waals surface area (Å²) >= 11 is 1.74. The lowest BCUT2D eigenvalue weighted by molar-refractivity contribution is -0.117. The first kappa shape index (κ1) is 21.1. The van der Waals surface area contributed by atoms with Gasteiger partial charge < -0.3 is 16.0 Å². The molecule has 0 unspecified atom stereocenters. The number of nitrogen functional groups attached to an aromatic ring is 1. The fraction of sp³-hybridized carbons (Fsp3) is 0.214. The van der Waals surface area contributed by atoms with E-state index in [-0.39, 0.29) is 5.91 Å². The van der Waals surface area contributed by atoms with E-state index >= 15 is 0 Å². The number of fused-ring (bicyclic) bond motifs is 2. The van der Waals surface area contributed by atoms with E-state index in [4.69, 9.17) is 5.73 Å². The zero-order valence-electron chi connectivity index (χ0n) is 18.9. The van der Waals surface area contributed by atoms with Crippen LogP contribution in [0.25, 0.3) is 26.8 Å². The van der Waals surface area contributed by atoms with Gasteiger partial charge in [0.1, 0.15) is 5.82 Å². The Morgan fingerprint density at radius 3 is 2.82 bits per heavy atom. The van der Waals surface area contributed by atoms with Crippen molar-refractivity contribution in [1.29, 1.82) is 0 Å². The average Bonchev–Trinajstić information content (AvgIpc) is 3.50. The van der Waals surface area contributed by atoms with Crippen LogP contribution in [0, 0.1) is 0 Å². The van der Waals surface area contributed by atoms with Gasteiger partial charge in [-0.3, -0.25) is 4.79 Å². The molecule has 2 aliphatic heterocycles. The first-order valence-corrected chi connectivity index (χ1v) is 12.6. The van der Waals surface area contributed by atoms with E-state index in [9.17, 15) is 4.79 Å². The third-order valence-electron chi connectivity index (χ3n) is 6.82. The van der Waals surface area contributed by atoms with Gasteiger partial charge in [0.15, 0.2) is 0 Å². The van der Waals surface area contributed by atoms with Crippen LogP contribution < -0.4 is 16.0 Å². The van der Waals surface area contributed by atoms with Crippen molar-refractivity contribution in [2.75, 3.05) is 30.3 Å². The van der Waals surface area contributed by atoms with Crippen LogP contribution in [0.2, 0.25) is 0 Å². The molecule has 2 aromatic heterocycles. The Balaban J connectivity index is 1.33. The SMILES string of the molecule is Nc1ncc(C2=CCNCC2)c2scc(-c3ccc4c(c3)CCN4C(=O)Cc3ccccc3)c12. The molecule has 4 aromatic rings. The molecular weight excluding hydrogens is 440 g/mol. The number of rotatable bonds is 4. The number of nitrogens with one attached hydrogen (secondary N) is 1. The van der Waals surface area contributed by atoms with Gasteiger partial charge in [-0.25, -0.2) is 4.98 Å². The summed E-state index contributed by atoms with van der Waals surface area (Å²) in [5.41, 5.74) is 14.5. The van der Waals surface area contributed by atoms with Crippen LogP contribution in [0.3, 0.4) is 0 Å². The zero-order chi connectivity index (χ0) is 23.1. The first-order chi connectivity index (χ1) is 16.7. The molecule has 0 fully saturated rings. The summed E-state index contributed by atoms with van der Waals surface area (Å²) in [5.74, 6) is 0.719. The molecule has 3 N–H and O–H groups in total. The molecule has 34 heavy (non-hydrogen) atoms. The van der Waals surface area contributed by atoms with Crippen molar-refractivity contribution in [3.05, 3.63) is 82.9 Å². The lowest BCUT2D eigenvalue weighted by Crippen LogP contribution is -2.30. The Hall–Kier alpha value is -3.48. The molecule has 0 aliphatic carbocycles. The van der Waals surface area contributed by atoms with Crippen molar-refractivity contribution in [3.63, 3.8) is 0 Å². The highest BCUT2D eigenvalue weighted by Gasteiger charge is 2.26. The summed E-state index contributed by atoms with van der Waals surface area (Å²) < 4.78 is 1.20. The topological polar surface area (TPSA) is 71.2 Å². The van der Waals surface area contributed by atoms with Gasteiger partial charge in [0.2, 0.25) is 5.91 Å². The molecule has 4 heterocycles. The van der Waals surface area contributed by atoms with Gasteiger partial charge >= 0.3 is 0 Å². The van der Waals surface area contributed by atoms with Gasteiger partial charge in [-0.15, -0.1) is 11.3 Å². The first-order valence-electron chi connectivity index (χ1n) is 11.7. The number of carbonyl (C=O) groups is 1. The maximum Gasteiger partial charge on any atom is 0.231 e. The van der Waals surface area contributed by atoms with E-state index in [1.165, 1.54) is 21.4 Å². The number of benzene rings is 2. The number of hydrogen-bond donors (Lipinski definition) is 2. The van der Waals surface area contributed by atoms with Gasteiger partial charge in [0, 0.05) is 46.2 Å². The molecule has 0 saturated heterocycles. The standard InChI is InChI=1S/C28H26N4OS/c29-28-26-23(17-34-27(26)22(16-31-28)19-8-11-30-12-9-19)20-6-7-24-21(15-20)10-13-32(24)25(33)14-18-4-2-1-3-5-18/h1-8,15-17,30H,9-14H2,(H2,29,31). The van der Waals surface area contributed by atoms with E-state index in [1.807, 2.05) is 41.4 Å². The summed E-state index contributed by atoms with van der Waals surface area (Å²) in [7, 11) is 0. The molecule has 0 bridgehead atoms. The molecule has 0 spiro atoms. The minimum Gasteiger partial charge on any atom is -0.383 e. The molecular formula is C28H26N4OS. The van der Waals surface area contributed by atoms with Gasteiger partial charge in [-0.05, 0) is 59.2 Å². The number of amides is 1. The van der Waals surface area contributed by atoms with Crippen LogP contribution in [0.5, 0.6) is 0 Å². The summed E-state index contributed by atoms with van der Waals surface area (Å²) in [5, 5.41) is 6.61. The fourth-order valence-corrected chi connectivity index (χ4v) is 6.20. The molecule has 0 saturated carbocycles. The Morgan fingerprint density at radius 2 is 2.00 bits per heavy atom. The second-order valence-corrected chi connectivity index (χ2v) is 9.77. The number of hydrogen-bond acceptors (Lipinski definition) is 5. The van der Waals surface area contributed by atoms with E-state index < -0.39 is 0 Å². The zero-order valence-corrected chi connectivity index (χ0v) is 19.7. The van der Waals surface area contributed by atoms with Crippen molar-refractivity contribution in [3.8, 4) is 11.1 Å². The van der Waals surface area contributed by atoms with E-state index in [0.717, 1.165) is 60.2 Å². The molecule has 6 rings (SSSR count). The summed E-state index contributed by atoms with van der Waals surface area (Å²) in [4.78, 5) is 19.5. The number of thiophene rings is 1. The van der Waals surface area contributed by atoms with E-state index in [2.05, 4.69) is 40.0 Å². The molecule has 2 aromatic carbocycles. The van der Waals surface area contributed by atoms with Gasteiger partial charge in [-0.1, -0.05) is 42.5 Å². The highest BCUT2D eigenvalue weighted by atomic mass is 32.1. The number of nitrogens with two attached hydrogens (primary N) is 1. The Morgan fingerprint density at radius 1 is 1.12 bits per heavy atom. The maximum absolute atomic E-state index is 13.0. The van der Waals surface area contributed by atoms with Crippen molar-refractivity contribution in [2.24, 2.45) is 0 Å². The van der Waals surface area contributed by atoms with Gasteiger partial charge in [0.25, 0.3) is 0 Å². The average molecular weight is 467 g/mol. The number of pyridine rings is 1. The molecule has 170 valence electrons. The Kier molecular flexibility index (Phi) is 5.40. The largest absolute Gasteiger partial charge is 0.383 e. The summed E-state index contributed by atoms with van der Waals surface area (Å²) in [6.07, 6.45) is 6.47. The highest BCUT2D eigenvalue weighted by Crippen LogP contribution is 2.42. The minimum absolute atomic E-state index is 0.145. The molecule has 2 aliphatic rings. The Bertz CT molecular complexity index is 1420. The van der Waals surface area contributed by atoms with Crippen LogP contribution in [0.1, 0.15) is 23.1 Å². The van der Waals surface area contributed by atoms with Crippen molar-refractivity contribution >= 4 is 44.4 Å². The normalized spacial score (nSPS) is 15.4. The number of anilines is 2. The smallest absolute Gasteiger partial charge is 0.231 e. The molecule has 0 atom stereocenters. The third kappa shape index (κ3) is 3.69. The third-order valence-corrected chi connectivity index (χ3v) is 7.83. The summed E-state index contributed by atoms with van der Waals surface area (Å²) in [6.45, 7) is 2.61. The molecule has 6 heteroatoms. The van der Waals surface area contributed by atoms with E-state index in [0.29, 0.717) is 12.2 Å². The summed E-state index contributed by atoms with van der Waals surface area (Å²) in [6, 6.07) is 16.4. The van der Waals surface area contributed by atoms with Crippen LogP contribution in [-0.4, -0.2) is 30.5 Å². The molecule has 5 nitrogen and oxygen atoms in total. The maximum atomic E-state index is 13.0. The van der Waals surface area contributed by atoms with Crippen LogP contribution in [0.15, 0.2) is 66.2 Å². The minimum atomic E-state index is 0.145. The van der Waals surface area contributed by atoms with Crippen LogP contribution >= 0.6 is 11.3 Å². The molecule has 1 amide bonds. The highest BCUT2D eigenvalue weighted by molar-refractivity contribution is 7.18. The number of carbonyl (C=O) groups excluding carboxylic acids is 1. The predicted molar refractivity (Wildman–Crippen MR) is 141 cm³/mol. The second kappa shape index (κ2) is 8.70. The van der Waals surface area contributed by atoms with Gasteiger partial charge in [-0.2, -0.15) is 0 Å². The van der Waals surface area contributed by atoms with Gasteiger partial charge in [0.05, 0.1) is 6.42 Å². The lowest BCUT2D eigenvalue weighted by atomic mass is 9.97. The number of nitrogens with zero attached hydrogens (tertiary/aromatic N) is 2. The monoisotopic (exact) mass is 466 g/mol. The van der Waals surface area contributed by atoms with Crippen LogP contribution in [0.4, 0.5) is 11.5 Å². The Labute approximate surface area is 202 Å². The second-order valence-electron chi connectivity index (χ2n) is 8.90. The van der Waals surface area contributed by atoms with Crippen molar-refractivity contribution in [2.45, 2.75) is 19.3 Å². The fourth-order valence-electron chi connectivity index (χ4n) is 5.07. The quantitative estimate of drug-likeness (QED) is 0.441. The predicted octanol–water partition coefficient (Wildman–Crippen LogP) is 5.05. The number of aromatic nitrogens is 1. The van der Waals surface area contributed by atoms with E-state index in [1.54, 1.807) is 11.3 Å². The van der Waals surface area contributed by atoms with Crippen LogP contribution in [-0.2, 0) is 17.6 Å².